The molecule has 0 radical (unpaired) electrons. The van der Waals surface area contributed by atoms with E-state index in [9.17, 15) is 9.59 Å². The number of rotatable bonds is 2. The Morgan fingerprint density at radius 3 is 2.47 bits per heavy atom. The SMILES string of the molecule is CC(=O)C1C(=O)C(=NNC(C)(C)C)c2ccccc21. The molecule has 0 spiro atoms. The van der Waals surface area contributed by atoms with Crippen molar-refractivity contribution in [3.8, 4) is 0 Å². The first-order chi connectivity index (χ1) is 8.81. The van der Waals surface area contributed by atoms with Crippen LogP contribution in [0.25, 0.3) is 0 Å². The molecule has 0 amide bonds. The molecular weight excluding hydrogens is 240 g/mol. The Morgan fingerprint density at radius 2 is 1.89 bits per heavy atom. The summed E-state index contributed by atoms with van der Waals surface area (Å²) in [6.07, 6.45) is 0. The number of ketones is 2. The van der Waals surface area contributed by atoms with E-state index in [1.54, 1.807) is 0 Å². The summed E-state index contributed by atoms with van der Waals surface area (Å²) < 4.78 is 0. The summed E-state index contributed by atoms with van der Waals surface area (Å²) in [5.41, 5.74) is 4.59. The van der Waals surface area contributed by atoms with E-state index in [1.165, 1.54) is 6.92 Å². The number of benzene rings is 1. The molecule has 2 rings (SSSR count). The van der Waals surface area contributed by atoms with Crippen molar-refractivity contribution < 1.29 is 9.59 Å². The first-order valence-corrected chi connectivity index (χ1v) is 6.30. The zero-order valence-electron chi connectivity index (χ0n) is 11.7. The van der Waals surface area contributed by atoms with Gasteiger partial charge in [0.2, 0.25) is 0 Å². The smallest absolute Gasteiger partial charge is 0.198 e. The Hall–Kier alpha value is -1.97. The highest BCUT2D eigenvalue weighted by molar-refractivity contribution is 6.54. The number of hydrogen-bond acceptors (Lipinski definition) is 4. The molecule has 1 aromatic rings. The maximum absolute atomic E-state index is 12.3. The van der Waals surface area contributed by atoms with Gasteiger partial charge in [0.15, 0.2) is 5.78 Å². The molecule has 0 aromatic heterocycles. The van der Waals surface area contributed by atoms with Crippen LogP contribution in [0.5, 0.6) is 0 Å². The van der Waals surface area contributed by atoms with Crippen molar-refractivity contribution in [2.75, 3.05) is 0 Å². The van der Waals surface area contributed by atoms with Gasteiger partial charge in [-0.1, -0.05) is 24.3 Å². The van der Waals surface area contributed by atoms with Crippen LogP contribution in [0.4, 0.5) is 0 Å². The van der Waals surface area contributed by atoms with Gasteiger partial charge in [-0.25, -0.2) is 0 Å². The van der Waals surface area contributed by atoms with Crippen LogP contribution in [0, 0.1) is 0 Å². The summed E-state index contributed by atoms with van der Waals surface area (Å²) >= 11 is 0. The molecule has 1 aromatic carbocycles. The molecule has 0 saturated heterocycles. The highest BCUT2D eigenvalue weighted by atomic mass is 16.2. The minimum absolute atomic E-state index is 0.140. The number of nitrogens with zero attached hydrogens (tertiary/aromatic N) is 1. The zero-order chi connectivity index (χ0) is 14.2. The molecule has 1 atom stereocenters. The Bertz CT molecular complexity index is 568. The minimum Gasteiger partial charge on any atom is -0.304 e. The topological polar surface area (TPSA) is 58.5 Å². The Balaban J connectivity index is 2.47. The average molecular weight is 258 g/mol. The van der Waals surface area contributed by atoms with Crippen molar-refractivity contribution in [3.05, 3.63) is 35.4 Å². The molecule has 4 nitrogen and oxygen atoms in total. The lowest BCUT2D eigenvalue weighted by Gasteiger charge is -2.17. The Morgan fingerprint density at radius 1 is 1.26 bits per heavy atom. The average Bonchev–Trinajstić information content (AvgIpc) is 2.57. The summed E-state index contributed by atoms with van der Waals surface area (Å²) in [4.78, 5) is 24.0. The standard InChI is InChI=1S/C15H18N2O2/c1-9(18)12-10-7-5-6-8-11(10)13(14(12)19)16-17-15(2,3)4/h5-8,12,17H,1-4H3. The normalized spacial score (nSPS) is 20.5. The number of carbonyl (C=O) groups excluding carboxylic acids is 2. The third-order valence-electron chi connectivity index (χ3n) is 2.93. The van der Waals surface area contributed by atoms with Crippen molar-refractivity contribution in [2.24, 2.45) is 5.10 Å². The monoisotopic (exact) mass is 258 g/mol. The van der Waals surface area contributed by atoms with E-state index in [1.807, 2.05) is 45.0 Å². The minimum atomic E-state index is -0.697. The number of carbonyl (C=O) groups is 2. The number of hydrogen-bond donors (Lipinski definition) is 1. The molecule has 1 unspecified atom stereocenters. The zero-order valence-corrected chi connectivity index (χ0v) is 11.7. The van der Waals surface area contributed by atoms with Gasteiger partial charge in [-0.2, -0.15) is 5.10 Å². The van der Waals surface area contributed by atoms with Gasteiger partial charge in [-0.15, -0.1) is 0 Å². The summed E-state index contributed by atoms with van der Waals surface area (Å²) in [6, 6.07) is 7.33. The molecule has 100 valence electrons. The highest BCUT2D eigenvalue weighted by Crippen LogP contribution is 2.31. The molecule has 4 heteroatoms. The fraction of sp³-hybridized carbons (Fsp3) is 0.400. The maximum Gasteiger partial charge on any atom is 0.198 e. The lowest BCUT2D eigenvalue weighted by Crippen LogP contribution is -2.33. The molecule has 1 aliphatic carbocycles. The second-order valence-electron chi connectivity index (χ2n) is 5.82. The van der Waals surface area contributed by atoms with E-state index >= 15 is 0 Å². The van der Waals surface area contributed by atoms with Gasteiger partial charge < -0.3 is 5.43 Å². The predicted molar refractivity (Wildman–Crippen MR) is 74.3 cm³/mol. The van der Waals surface area contributed by atoms with Crippen LogP contribution in [0.15, 0.2) is 29.4 Å². The lowest BCUT2D eigenvalue weighted by molar-refractivity contribution is -0.124. The van der Waals surface area contributed by atoms with Gasteiger partial charge in [0.1, 0.15) is 17.4 Å². The molecule has 0 saturated carbocycles. The first kappa shape index (κ1) is 13.5. The molecule has 0 heterocycles. The first-order valence-electron chi connectivity index (χ1n) is 6.30. The number of fused-ring (bicyclic) bond motifs is 1. The number of nitrogens with one attached hydrogen (secondary N) is 1. The van der Waals surface area contributed by atoms with Crippen LogP contribution in [0.1, 0.15) is 44.7 Å². The quantitative estimate of drug-likeness (QED) is 0.652. The van der Waals surface area contributed by atoms with E-state index in [0.29, 0.717) is 5.71 Å². The van der Waals surface area contributed by atoms with Crippen LogP contribution >= 0.6 is 0 Å². The van der Waals surface area contributed by atoms with E-state index in [-0.39, 0.29) is 17.1 Å². The third kappa shape index (κ3) is 2.57. The summed E-state index contributed by atoms with van der Waals surface area (Å²) in [7, 11) is 0. The van der Waals surface area contributed by atoms with Crippen LogP contribution in [-0.2, 0) is 9.59 Å². The Labute approximate surface area is 112 Å². The molecule has 0 fully saturated rings. The van der Waals surface area contributed by atoms with Gasteiger partial charge in [-0.3, -0.25) is 9.59 Å². The van der Waals surface area contributed by atoms with Gasteiger partial charge >= 0.3 is 0 Å². The van der Waals surface area contributed by atoms with E-state index in [0.717, 1.165) is 11.1 Å². The van der Waals surface area contributed by atoms with Crippen LogP contribution < -0.4 is 5.43 Å². The van der Waals surface area contributed by atoms with Crippen molar-refractivity contribution in [3.63, 3.8) is 0 Å². The fourth-order valence-electron chi connectivity index (χ4n) is 2.12. The Kier molecular flexibility index (Phi) is 3.27. The molecule has 1 N–H and O–H groups in total. The second-order valence-corrected chi connectivity index (χ2v) is 5.82. The number of Topliss-reactive ketones (excluding diaryl/α,β-unsaturated/α-hetero) is 2. The van der Waals surface area contributed by atoms with Crippen molar-refractivity contribution in [2.45, 2.75) is 39.2 Å². The van der Waals surface area contributed by atoms with Gasteiger partial charge in [-0.05, 0) is 33.3 Å². The summed E-state index contributed by atoms with van der Waals surface area (Å²) in [5.74, 6) is -1.06. The van der Waals surface area contributed by atoms with Crippen LogP contribution in [0.2, 0.25) is 0 Å². The lowest BCUT2D eigenvalue weighted by atomic mass is 9.97. The second kappa shape index (κ2) is 4.61. The van der Waals surface area contributed by atoms with E-state index in [4.69, 9.17) is 0 Å². The summed E-state index contributed by atoms with van der Waals surface area (Å²) in [5, 5.41) is 4.21. The molecule has 0 aliphatic heterocycles. The van der Waals surface area contributed by atoms with E-state index < -0.39 is 5.92 Å². The molecule has 19 heavy (non-hydrogen) atoms. The molecular formula is C15H18N2O2. The van der Waals surface area contributed by atoms with Crippen LogP contribution in [0.3, 0.4) is 0 Å². The fourth-order valence-corrected chi connectivity index (χ4v) is 2.12. The van der Waals surface area contributed by atoms with Crippen molar-refractivity contribution in [1.29, 1.82) is 0 Å². The highest BCUT2D eigenvalue weighted by Gasteiger charge is 2.39. The maximum atomic E-state index is 12.3. The largest absolute Gasteiger partial charge is 0.304 e. The van der Waals surface area contributed by atoms with E-state index in [2.05, 4.69) is 10.5 Å². The van der Waals surface area contributed by atoms with Gasteiger partial charge in [0, 0.05) is 11.1 Å². The van der Waals surface area contributed by atoms with Crippen molar-refractivity contribution >= 4 is 17.3 Å². The molecule has 0 bridgehead atoms. The van der Waals surface area contributed by atoms with Crippen molar-refractivity contribution in [1.82, 2.24) is 5.43 Å². The third-order valence-corrected chi connectivity index (χ3v) is 2.93. The summed E-state index contributed by atoms with van der Waals surface area (Å²) in [6.45, 7) is 7.33. The molecule has 1 aliphatic rings. The number of hydrazone groups is 1. The predicted octanol–water partition coefficient (Wildman–Crippen LogP) is 2.03. The van der Waals surface area contributed by atoms with Gasteiger partial charge in [0.05, 0.1) is 0 Å². The van der Waals surface area contributed by atoms with Gasteiger partial charge in [0.25, 0.3) is 0 Å². The van der Waals surface area contributed by atoms with Crippen LogP contribution in [-0.4, -0.2) is 22.8 Å².